The molecule has 2 aromatic carbocycles. The molecule has 150 valence electrons. The number of carbonyl (C=O) groups excluding carboxylic acids is 1. The molecular formula is C20H23FN2O4S. The van der Waals surface area contributed by atoms with Gasteiger partial charge in [0.2, 0.25) is 10.0 Å². The second-order valence-electron chi connectivity index (χ2n) is 6.67. The van der Waals surface area contributed by atoms with E-state index in [0.717, 1.165) is 19.3 Å². The Labute approximate surface area is 164 Å². The number of nitrogens with zero attached hydrogens (tertiary/aromatic N) is 1. The highest BCUT2D eigenvalue weighted by Crippen LogP contribution is 2.22. The predicted molar refractivity (Wildman–Crippen MR) is 104 cm³/mol. The van der Waals surface area contributed by atoms with Gasteiger partial charge in [0.15, 0.2) is 17.7 Å². The van der Waals surface area contributed by atoms with Crippen molar-refractivity contribution in [3.05, 3.63) is 54.3 Å². The van der Waals surface area contributed by atoms with Crippen molar-refractivity contribution in [2.75, 3.05) is 18.4 Å². The van der Waals surface area contributed by atoms with Crippen LogP contribution >= 0.6 is 0 Å². The van der Waals surface area contributed by atoms with Gasteiger partial charge >= 0.3 is 0 Å². The van der Waals surface area contributed by atoms with Crippen LogP contribution in [-0.2, 0) is 14.8 Å². The fraction of sp³-hybridized carbons (Fsp3) is 0.350. The lowest BCUT2D eigenvalue weighted by atomic mass is 10.2. The molecule has 0 saturated carbocycles. The maximum Gasteiger partial charge on any atom is 0.265 e. The summed E-state index contributed by atoms with van der Waals surface area (Å²) in [4.78, 5) is 12.5. The van der Waals surface area contributed by atoms with Gasteiger partial charge in [-0.1, -0.05) is 18.6 Å². The second-order valence-corrected chi connectivity index (χ2v) is 8.61. The minimum absolute atomic E-state index is 0.00637. The SMILES string of the molecule is CC(Oc1ccccc1F)C(=O)Nc1ccc(S(=O)(=O)N2CCCCC2)cc1. The van der Waals surface area contributed by atoms with Gasteiger partial charge in [0.05, 0.1) is 4.90 Å². The summed E-state index contributed by atoms with van der Waals surface area (Å²) in [6.45, 7) is 2.58. The first-order valence-electron chi connectivity index (χ1n) is 9.20. The fourth-order valence-electron chi connectivity index (χ4n) is 2.99. The first-order valence-corrected chi connectivity index (χ1v) is 10.6. The van der Waals surface area contributed by atoms with Crippen LogP contribution in [0.3, 0.4) is 0 Å². The average Bonchev–Trinajstić information content (AvgIpc) is 2.70. The molecule has 1 heterocycles. The van der Waals surface area contributed by atoms with Crippen LogP contribution in [0.15, 0.2) is 53.4 Å². The molecule has 28 heavy (non-hydrogen) atoms. The summed E-state index contributed by atoms with van der Waals surface area (Å²) < 4.78 is 45.8. The molecule has 0 radical (unpaired) electrons. The fourth-order valence-corrected chi connectivity index (χ4v) is 4.51. The van der Waals surface area contributed by atoms with Gasteiger partial charge < -0.3 is 10.1 Å². The van der Waals surface area contributed by atoms with E-state index in [-0.39, 0.29) is 10.6 Å². The van der Waals surface area contributed by atoms with Gasteiger partial charge in [0, 0.05) is 18.8 Å². The number of halogens is 1. The number of rotatable bonds is 6. The molecule has 1 N–H and O–H groups in total. The number of hydrogen-bond acceptors (Lipinski definition) is 4. The maximum atomic E-state index is 13.6. The third-order valence-electron chi connectivity index (χ3n) is 4.58. The lowest BCUT2D eigenvalue weighted by molar-refractivity contribution is -0.122. The summed E-state index contributed by atoms with van der Waals surface area (Å²) in [5.74, 6) is -1.02. The first kappa shape index (κ1) is 20.3. The summed E-state index contributed by atoms with van der Waals surface area (Å²) in [5, 5.41) is 2.64. The molecule has 1 saturated heterocycles. The van der Waals surface area contributed by atoms with Gasteiger partial charge in [-0.3, -0.25) is 4.79 Å². The number of sulfonamides is 1. The number of carbonyl (C=O) groups is 1. The first-order chi connectivity index (χ1) is 13.4. The number of nitrogens with one attached hydrogen (secondary N) is 1. The number of benzene rings is 2. The summed E-state index contributed by atoms with van der Waals surface area (Å²) >= 11 is 0. The van der Waals surface area contributed by atoms with E-state index in [9.17, 15) is 17.6 Å². The summed E-state index contributed by atoms with van der Waals surface area (Å²) in [7, 11) is -3.51. The molecular weight excluding hydrogens is 383 g/mol. The lowest BCUT2D eigenvalue weighted by Crippen LogP contribution is -2.35. The van der Waals surface area contributed by atoms with Gasteiger partial charge in [-0.25, -0.2) is 12.8 Å². The Balaban J connectivity index is 1.63. The largest absolute Gasteiger partial charge is 0.478 e. The van der Waals surface area contributed by atoms with Crippen molar-refractivity contribution < 1.29 is 22.3 Å². The topological polar surface area (TPSA) is 75.7 Å². The molecule has 0 bridgehead atoms. The van der Waals surface area contributed by atoms with Gasteiger partial charge in [0.1, 0.15) is 0 Å². The van der Waals surface area contributed by atoms with Crippen LogP contribution in [-0.4, -0.2) is 37.8 Å². The van der Waals surface area contributed by atoms with Crippen LogP contribution in [0.1, 0.15) is 26.2 Å². The van der Waals surface area contributed by atoms with Crippen LogP contribution in [0.5, 0.6) is 5.75 Å². The third kappa shape index (κ3) is 4.69. The van der Waals surface area contributed by atoms with Gasteiger partial charge in [-0.05, 0) is 56.2 Å². The van der Waals surface area contributed by atoms with Crippen molar-refractivity contribution in [3.8, 4) is 5.75 Å². The van der Waals surface area contributed by atoms with Crippen molar-refractivity contribution in [1.29, 1.82) is 0 Å². The van der Waals surface area contributed by atoms with E-state index < -0.39 is 27.9 Å². The normalized spacial score (nSPS) is 16.4. The zero-order chi connectivity index (χ0) is 20.1. The summed E-state index contributed by atoms with van der Waals surface area (Å²) in [6.07, 6.45) is 1.86. The van der Waals surface area contributed by atoms with E-state index in [1.165, 1.54) is 53.7 Å². The van der Waals surface area contributed by atoms with E-state index in [2.05, 4.69) is 5.32 Å². The third-order valence-corrected chi connectivity index (χ3v) is 6.50. The molecule has 1 fully saturated rings. The number of ether oxygens (including phenoxy) is 1. The monoisotopic (exact) mass is 406 g/mol. The minimum atomic E-state index is -3.51. The van der Waals surface area contributed by atoms with Crippen molar-refractivity contribution in [2.45, 2.75) is 37.2 Å². The Morgan fingerprint density at radius 1 is 1.07 bits per heavy atom. The number of para-hydroxylation sites is 1. The van der Waals surface area contributed by atoms with E-state index in [4.69, 9.17) is 4.74 Å². The molecule has 1 unspecified atom stereocenters. The molecule has 0 spiro atoms. The van der Waals surface area contributed by atoms with Crippen molar-refractivity contribution in [2.24, 2.45) is 0 Å². The van der Waals surface area contributed by atoms with Crippen LogP contribution in [0, 0.1) is 5.82 Å². The van der Waals surface area contributed by atoms with E-state index in [1.54, 1.807) is 6.07 Å². The minimum Gasteiger partial charge on any atom is -0.478 e. The summed E-state index contributed by atoms with van der Waals surface area (Å²) in [5.41, 5.74) is 0.437. The standard InChI is InChI=1S/C20H23FN2O4S/c1-15(27-19-8-4-3-7-18(19)21)20(24)22-16-9-11-17(12-10-16)28(25,26)23-13-5-2-6-14-23/h3-4,7-12,15H,2,5-6,13-14H2,1H3,(H,22,24). The van der Waals surface area contributed by atoms with Gasteiger partial charge in [0.25, 0.3) is 5.91 Å². The van der Waals surface area contributed by atoms with Gasteiger partial charge in [-0.15, -0.1) is 0 Å². The molecule has 2 aromatic rings. The Bertz CT molecular complexity index is 925. The molecule has 1 aliphatic heterocycles. The Morgan fingerprint density at radius 2 is 1.71 bits per heavy atom. The van der Waals surface area contributed by atoms with Crippen molar-refractivity contribution >= 4 is 21.6 Å². The lowest BCUT2D eigenvalue weighted by Gasteiger charge is -2.25. The zero-order valence-corrected chi connectivity index (χ0v) is 16.4. The number of piperidine rings is 1. The molecule has 0 aromatic heterocycles. The molecule has 1 amide bonds. The quantitative estimate of drug-likeness (QED) is 0.798. The average molecular weight is 406 g/mol. The predicted octanol–water partition coefficient (Wildman–Crippen LogP) is 3.41. The van der Waals surface area contributed by atoms with Crippen molar-refractivity contribution in [3.63, 3.8) is 0 Å². The number of anilines is 1. The molecule has 1 aliphatic rings. The van der Waals surface area contributed by atoms with E-state index in [0.29, 0.717) is 18.8 Å². The van der Waals surface area contributed by atoms with Crippen LogP contribution in [0.25, 0.3) is 0 Å². The zero-order valence-electron chi connectivity index (χ0n) is 15.6. The number of hydrogen-bond donors (Lipinski definition) is 1. The van der Waals surface area contributed by atoms with Crippen LogP contribution < -0.4 is 10.1 Å². The Morgan fingerprint density at radius 3 is 2.36 bits per heavy atom. The number of amides is 1. The molecule has 6 nitrogen and oxygen atoms in total. The van der Waals surface area contributed by atoms with E-state index in [1.807, 2.05) is 0 Å². The summed E-state index contributed by atoms with van der Waals surface area (Å²) in [6, 6.07) is 11.9. The van der Waals surface area contributed by atoms with Crippen molar-refractivity contribution in [1.82, 2.24) is 4.31 Å². The van der Waals surface area contributed by atoms with E-state index >= 15 is 0 Å². The highest BCUT2D eigenvalue weighted by atomic mass is 32.2. The highest BCUT2D eigenvalue weighted by molar-refractivity contribution is 7.89. The highest BCUT2D eigenvalue weighted by Gasteiger charge is 2.26. The van der Waals surface area contributed by atoms with Crippen LogP contribution in [0.4, 0.5) is 10.1 Å². The molecule has 0 aliphatic carbocycles. The molecule has 3 rings (SSSR count). The molecule has 8 heteroatoms. The van der Waals surface area contributed by atoms with Gasteiger partial charge in [-0.2, -0.15) is 4.31 Å². The van der Waals surface area contributed by atoms with Crippen LogP contribution in [0.2, 0.25) is 0 Å². The molecule has 1 atom stereocenters. The maximum absolute atomic E-state index is 13.6. The smallest absolute Gasteiger partial charge is 0.265 e. The Kier molecular flexibility index (Phi) is 6.31. The second kappa shape index (κ2) is 8.70. The Hall–Kier alpha value is -2.45.